The summed E-state index contributed by atoms with van der Waals surface area (Å²) in [4.78, 5) is 16.4. The Balaban J connectivity index is 1.54. The SMILES string of the molecule is COc1ccc(-c2csc(NC(=O)c3ccc(F)c(S(=O)(=O)N4CCOCC4)c3)n2)cc1F. The molecular weight excluding hydrogens is 476 g/mol. The predicted octanol–water partition coefficient (Wildman–Crippen LogP) is 3.37. The minimum atomic E-state index is -4.12. The van der Waals surface area contributed by atoms with Crippen LogP contribution in [-0.2, 0) is 14.8 Å². The van der Waals surface area contributed by atoms with Gasteiger partial charge in [-0.15, -0.1) is 11.3 Å². The number of thiazole rings is 1. The number of rotatable bonds is 6. The van der Waals surface area contributed by atoms with Crippen LogP contribution in [0.1, 0.15) is 10.4 Å². The number of sulfonamides is 1. The number of hydrogen-bond acceptors (Lipinski definition) is 7. The molecule has 1 aliphatic rings. The molecule has 4 rings (SSSR count). The van der Waals surface area contributed by atoms with Crippen molar-refractivity contribution in [3.05, 3.63) is 59.0 Å². The second-order valence-corrected chi connectivity index (χ2v) is 9.77. The maximum absolute atomic E-state index is 14.4. The number of amides is 1. The first-order valence-corrected chi connectivity index (χ1v) is 12.1. The van der Waals surface area contributed by atoms with E-state index < -0.39 is 32.5 Å². The number of morpholine rings is 1. The summed E-state index contributed by atoms with van der Waals surface area (Å²) >= 11 is 1.11. The second-order valence-electron chi connectivity index (χ2n) is 7.00. The van der Waals surface area contributed by atoms with Crippen LogP contribution in [0.5, 0.6) is 5.75 Å². The summed E-state index contributed by atoms with van der Waals surface area (Å²) in [6, 6.07) is 7.50. The fourth-order valence-corrected chi connectivity index (χ4v) is 5.44. The Kier molecular flexibility index (Phi) is 6.70. The summed E-state index contributed by atoms with van der Waals surface area (Å²) in [6.45, 7) is 0.634. The van der Waals surface area contributed by atoms with E-state index in [0.717, 1.165) is 27.8 Å². The summed E-state index contributed by atoms with van der Waals surface area (Å²) in [7, 11) is -2.76. The molecule has 0 bridgehead atoms. The Labute approximate surface area is 192 Å². The van der Waals surface area contributed by atoms with Crippen LogP contribution < -0.4 is 10.1 Å². The van der Waals surface area contributed by atoms with Gasteiger partial charge in [0.25, 0.3) is 5.91 Å². The summed E-state index contributed by atoms with van der Waals surface area (Å²) in [5.74, 6) is -2.05. The largest absolute Gasteiger partial charge is 0.494 e. The number of nitrogens with zero attached hydrogens (tertiary/aromatic N) is 2. The topological polar surface area (TPSA) is 97.8 Å². The zero-order valence-corrected chi connectivity index (χ0v) is 19.0. The van der Waals surface area contributed by atoms with Gasteiger partial charge in [-0.1, -0.05) is 0 Å². The highest BCUT2D eigenvalue weighted by Crippen LogP contribution is 2.29. The highest BCUT2D eigenvalue weighted by Gasteiger charge is 2.30. The lowest BCUT2D eigenvalue weighted by atomic mass is 10.1. The molecule has 8 nitrogen and oxygen atoms in total. The smallest absolute Gasteiger partial charge is 0.257 e. The molecule has 1 saturated heterocycles. The maximum atomic E-state index is 14.4. The molecule has 1 N–H and O–H groups in total. The van der Waals surface area contributed by atoms with Gasteiger partial charge >= 0.3 is 0 Å². The standard InChI is InChI=1S/C21H19F2N3O5S2/c1-30-18-5-3-13(10-16(18)23)17-12-32-21(24-17)25-20(27)14-2-4-15(22)19(11-14)33(28,29)26-6-8-31-9-7-26/h2-5,10-12H,6-9H2,1H3,(H,24,25,27). The van der Waals surface area contributed by atoms with Gasteiger partial charge < -0.3 is 9.47 Å². The van der Waals surface area contributed by atoms with Crippen LogP contribution >= 0.6 is 11.3 Å². The number of anilines is 1. The molecule has 0 atom stereocenters. The van der Waals surface area contributed by atoms with Crippen LogP contribution in [0.25, 0.3) is 11.3 Å². The fourth-order valence-electron chi connectivity index (χ4n) is 3.23. The monoisotopic (exact) mass is 495 g/mol. The Morgan fingerprint density at radius 3 is 2.61 bits per heavy atom. The fraction of sp³-hybridized carbons (Fsp3) is 0.238. The second kappa shape index (κ2) is 9.51. The van der Waals surface area contributed by atoms with Gasteiger partial charge in [-0.05, 0) is 36.4 Å². The Hall–Kier alpha value is -2.93. The number of carbonyl (C=O) groups excluding carboxylic acids is 1. The van der Waals surface area contributed by atoms with Crippen LogP contribution in [0.4, 0.5) is 13.9 Å². The van der Waals surface area contributed by atoms with E-state index in [9.17, 15) is 22.0 Å². The van der Waals surface area contributed by atoms with Gasteiger partial charge in [0.1, 0.15) is 10.7 Å². The number of aromatic nitrogens is 1. The van der Waals surface area contributed by atoms with Gasteiger partial charge in [-0.2, -0.15) is 4.31 Å². The average Bonchev–Trinajstić information content (AvgIpc) is 3.28. The van der Waals surface area contributed by atoms with E-state index in [1.165, 1.54) is 25.3 Å². The van der Waals surface area contributed by atoms with Crippen LogP contribution in [0, 0.1) is 11.6 Å². The lowest BCUT2D eigenvalue weighted by molar-refractivity contribution is 0.0729. The minimum Gasteiger partial charge on any atom is -0.494 e. The molecule has 1 fully saturated rings. The Bertz CT molecular complexity index is 1290. The number of methoxy groups -OCH3 is 1. The number of halogens is 2. The number of ether oxygens (including phenoxy) is 2. The molecule has 2 heterocycles. The normalized spacial score (nSPS) is 14.8. The van der Waals surface area contributed by atoms with Crippen molar-refractivity contribution < 1.29 is 31.5 Å². The van der Waals surface area contributed by atoms with Crippen LogP contribution in [0.2, 0.25) is 0 Å². The molecule has 1 aromatic heterocycles. The van der Waals surface area contributed by atoms with Crippen molar-refractivity contribution in [2.75, 3.05) is 38.7 Å². The molecule has 1 amide bonds. The first kappa shape index (κ1) is 23.2. The van der Waals surface area contributed by atoms with Gasteiger partial charge in [0.15, 0.2) is 16.7 Å². The molecule has 0 aliphatic carbocycles. The highest BCUT2D eigenvalue weighted by atomic mass is 32.2. The van der Waals surface area contributed by atoms with Crippen molar-refractivity contribution in [2.45, 2.75) is 4.90 Å². The van der Waals surface area contributed by atoms with E-state index in [-0.39, 0.29) is 42.7 Å². The van der Waals surface area contributed by atoms with Crippen molar-refractivity contribution in [1.82, 2.24) is 9.29 Å². The summed E-state index contributed by atoms with van der Waals surface area (Å²) in [6.07, 6.45) is 0. The highest BCUT2D eigenvalue weighted by molar-refractivity contribution is 7.89. The van der Waals surface area contributed by atoms with Gasteiger partial charge in [0, 0.05) is 29.6 Å². The number of nitrogens with one attached hydrogen (secondary N) is 1. The van der Waals surface area contributed by atoms with E-state index in [4.69, 9.17) is 9.47 Å². The molecule has 33 heavy (non-hydrogen) atoms. The third kappa shape index (κ3) is 4.88. The molecule has 0 unspecified atom stereocenters. The zero-order chi connectivity index (χ0) is 23.6. The zero-order valence-electron chi connectivity index (χ0n) is 17.4. The molecule has 3 aromatic rings. The molecular formula is C21H19F2N3O5S2. The van der Waals surface area contributed by atoms with Crippen LogP contribution in [-0.4, -0.2) is 57.0 Å². The van der Waals surface area contributed by atoms with Gasteiger partial charge in [0.2, 0.25) is 10.0 Å². The van der Waals surface area contributed by atoms with E-state index in [2.05, 4.69) is 10.3 Å². The van der Waals surface area contributed by atoms with Crippen LogP contribution in [0.15, 0.2) is 46.7 Å². The van der Waals surface area contributed by atoms with Crippen molar-refractivity contribution in [1.29, 1.82) is 0 Å². The number of carbonyl (C=O) groups is 1. The van der Waals surface area contributed by atoms with Crippen LogP contribution in [0.3, 0.4) is 0 Å². The lowest BCUT2D eigenvalue weighted by Gasteiger charge is -2.26. The third-order valence-corrected chi connectivity index (χ3v) is 7.62. The van der Waals surface area contributed by atoms with Crippen molar-refractivity contribution >= 4 is 32.4 Å². The minimum absolute atomic E-state index is 0.0459. The first-order chi connectivity index (χ1) is 15.8. The molecule has 0 radical (unpaired) electrons. The van der Waals surface area contributed by atoms with Gasteiger partial charge in [-0.3, -0.25) is 10.1 Å². The number of hydrogen-bond donors (Lipinski definition) is 1. The predicted molar refractivity (Wildman–Crippen MR) is 118 cm³/mol. The molecule has 2 aromatic carbocycles. The quantitative estimate of drug-likeness (QED) is 0.563. The average molecular weight is 496 g/mol. The Morgan fingerprint density at radius 1 is 1.15 bits per heavy atom. The molecule has 12 heteroatoms. The first-order valence-electron chi connectivity index (χ1n) is 9.78. The van der Waals surface area contributed by atoms with E-state index >= 15 is 0 Å². The van der Waals surface area contributed by atoms with E-state index in [1.54, 1.807) is 11.4 Å². The Morgan fingerprint density at radius 2 is 1.91 bits per heavy atom. The number of benzene rings is 2. The summed E-state index contributed by atoms with van der Waals surface area (Å²) in [5, 5.41) is 4.41. The lowest BCUT2D eigenvalue weighted by Crippen LogP contribution is -2.41. The van der Waals surface area contributed by atoms with Gasteiger partial charge in [0.05, 0.1) is 26.0 Å². The summed E-state index contributed by atoms with van der Waals surface area (Å²) in [5.41, 5.74) is 0.882. The van der Waals surface area contributed by atoms with E-state index in [0.29, 0.717) is 11.3 Å². The molecule has 174 valence electrons. The maximum Gasteiger partial charge on any atom is 0.257 e. The molecule has 0 spiro atoms. The van der Waals surface area contributed by atoms with Gasteiger partial charge in [-0.25, -0.2) is 22.2 Å². The van der Waals surface area contributed by atoms with Crippen molar-refractivity contribution in [3.63, 3.8) is 0 Å². The van der Waals surface area contributed by atoms with Crippen molar-refractivity contribution in [2.24, 2.45) is 0 Å². The third-order valence-electron chi connectivity index (χ3n) is 4.95. The van der Waals surface area contributed by atoms with E-state index in [1.807, 2.05) is 0 Å². The summed E-state index contributed by atoms with van der Waals surface area (Å²) < 4.78 is 65.1. The molecule has 1 aliphatic heterocycles. The van der Waals surface area contributed by atoms with Crippen molar-refractivity contribution in [3.8, 4) is 17.0 Å². The molecule has 0 saturated carbocycles.